The van der Waals surface area contributed by atoms with Gasteiger partial charge in [-0.05, 0) is 36.3 Å². The Balaban J connectivity index is 1.52. The van der Waals surface area contributed by atoms with Gasteiger partial charge in [0.25, 0.3) is 5.91 Å². The molecule has 152 valence electrons. The molecule has 0 radical (unpaired) electrons. The van der Waals surface area contributed by atoms with Gasteiger partial charge in [-0.1, -0.05) is 30.3 Å². The third kappa shape index (κ3) is 3.53. The molecule has 2 aliphatic rings. The van der Waals surface area contributed by atoms with E-state index >= 15 is 0 Å². The molecule has 2 aliphatic heterocycles. The Kier molecular flexibility index (Phi) is 5.25. The fourth-order valence-corrected chi connectivity index (χ4v) is 3.73. The maximum atomic E-state index is 13.0. The van der Waals surface area contributed by atoms with E-state index in [9.17, 15) is 14.7 Å². The number of ketones is 1. The largest absolute Gasteiger partial charge is 0.454 e. The maximum absolute atomic E-state index is 13.0. The number of allylic oxidation sites excluding steroid dienone is 1. The fraction of sp³-hybridized carbons (Fsp3) is 0.261. The van der Waals surface area contributed by atoms with Gasteiger partial charge in [0.2, 0.25) is 6.79 Å². The molecular formula is C23H20N2O5. The van der Waals surface area contributed by atoms with E-state index in [-0.39, 0.29) is 19.0 Å². The summed E-state index contributed by atoms with van der Waals surface area (Å²) in [7, 11) is 0. The van der Waals surface area contributed by atoms with E-state index in [0.717, 1.165) is 5.56 Å². The summed E-state index contributed by atoms with van der Waals surface area (Å²) in [6.07, 6.45) is 3.40. The number of ether oxygens (including phenoxy) is 2. The van der Waals surface area contributed by atoms with Gasteiger partial charge in [-0.15, -0.1) is 0 Å². The van der Waals surface area contributed by atoms with Crippen molar-refractivity contribution >= 4 is 23.5 Å². The van der Waals surface area contributed by atoms with E-state index in [1.54, 1.807) is 48.5 Å². The summed E-state index contributed by atoms with van der Waals surface area (Å²) in [5, 5.41) is 19.9. The maximum Gasteiger partial charge on any atom is 0.264 e. The Bertz CT molecular complexity index is 1070. The number of fused-ring (bicyclic) bond motifs is 2. The van der Waals surface area contributed by atoms with Crippen LogP contribution in [0.15, 0.2) is 48.5 Å². The van der Waals surface area contributed by atoms with Crippen molar-refractivity contribution in [2.24, 2.45) is 0 Å². The molecule has 0 aromatic heterocycles. The van der Waals surface area contributed by atoms with Gasteiger partial charge in [-0.2, -0.15) is 5.26 Å². The Morgan fingerprint density at radius 3 is 2.87 bits per heavy atom. The second-order valence-corrected chi connectivity index (χ2v) is 7.19. The van der Waals surface area contributed by atoms with Crippen LogP contribution in [-0.2, 0) is 15.2 Å². The summed E-state index contributed by atoms with van der Waals surface area (Å²) in [4.78, 5) is 27.1. The lowest BCUT2D eigenvalue weighted by Crippen LogP contribution is -2.42. The van der Waals surface area contributed by atoms with Crippen LogP contribution in [0.25, 0.3) is 6.08 Å². The van der Waals surface area contributed by atoms with Crippen molar-refractivity contribution < 1.29 is 24.2 Å². The zero-order valence-corrected chi connectivity index (χ0v) is 16.2. The first kappa shape index (κ1) is 19.7. The van der Waals surface area contributed by atoms with Crippen LogP contribution in [0.2, 0.25) is 0 Å². The number of hydrogen-bond donors (Lipinski definition) is 1. The molecule has 30 heavy (non-hydrogen) atoms. The topological polar surface area (TPSA) is 99.9 Å². The van der Waals surface area contributed by atoms with E-state index in [1.165, 1.54) is 11.0 Å². The number of nitrogens with zero attached hydrogens (tertiary/aromatic N) is 2. The van der Waals surface area contributed by atoms with E-state index in [4.69, 9.17) is 14.7 Å². The second-order valence-electron chi connectivity index (χ2n) is 7.19. The number of unbranched alkanes of at least 4 members (excludes halogenated alkanes) is 1. The summed E-state index contributed by atoms with van der Waals surface area (Å²) in [6.45, 7) is 0.480. The molecule has 0 spiro atoms. The minimum absolute atomic E-state index is 0.168. The molecule has 0 aliphatic carbocycles. The smallest absolute Gasteiger partial charge is 0.264 e. The summed E-state index contributed by atoms with van der Waals surface area (Å²) < 4.78 is 10.6. The number of amides is 1. The van der Waals surface area contributed by atoms with Crippen LogP contribution in [0.5, 0.6) is 11.5 Å². The molecule has 0 saturated heterocycles. The monoisotopic (exact) mass is 404 g/mol. The van der Waals surface area contributed by atoms with Crippen LogP contribution >= 0.6 is 0 Å². The highest BCUT2D eigenvalue weighted by Crippen LogP contribution is 2.42. The predicted octanol–water partition coefficient (Wildman–Crippen LogP) is 2.93. The van der Waals surface area contributed by atoms with Gasteiger partial charge in [-0.25, -0.2) is 0 Å². The standard InChI is InChI=1S/C23H20N2O5/c24-11-3-4-12-25-19-6-2-1-5-18(19)23(28,22(25)27)14-17(26)9-7-16-8-10-20-21(13-16)30-15-29-20/h1-2,5-10,13,28H,3-4,12,14-15H2/b9-7+/t23-/m1/s1. The third-order valence-corrected chi connectivity index (χ3v) is 5.20. The third-order valence-electron chi connectivity index (χ3n) is 5.20. The van der Waals surface area contributed by atoms with Crippen molar-refractivity contribution in [3.05, 3.63) is 59.7 Å². The first-order chi connectivity index (χ1) is 14.5. The summed E-state index contributed by atoms with van der Waals surface area (Å²) in [5.74, 6) is 0.345. The summed E-state index contributed by atoms with van der Waals surface area (Å²) in [6, 6.07) is 14.3. The first-order valence-corrected chi connectivity index (χ1v) is 9.64. The fourth-order valence-electron chi connectivity index (χ4n) is 3.73. The Morgan fingerprint density at radius 2 is 2.03 bits per heavy atom. The average Bonchev–Trinajstić information content (AvgIpc) is 3.29. The molecule has 1 amide bonds. The normalized spacial score (nSPS) is 19.2. The molecule has 7 nitrogen and oxygen atoms in total. The molecule has 2 aromatic rings. The van der Waals surface area contributed by atoms with Crippen molar-refractivity contribution in [2.75, 3.05) is 18.2 Å². The number of aliphatic hydroxyl groups is 1. The van der Waals surface area contributed by atoms with Gasteiger partial charge in [0, 0.05) is 18.5 Å². The molecule has 0 unspecified atom stereocenters. The molecule has 1 N–H and O–H groups in total. The van der Waals surface area contributed by atoms with Crippen molar-refractivity contribution in [1.82, 2.24) is 0 Å². The number of hydrogen-bond acceptors (Lipinski definition) is 6. The van der Waals surface area contributed by atoms with Gasteiger partial charge < -0.3 is 19.5 Å². The minimum Gasteiger partial charge on any atom is -0.454 e. The second kappa shape index (κ2) is 8.01. The van der Waals surface area contributed by atoms with Gasteiger partial charge in [-0.3, -0.25) is 9.59 Å². The highest BCUT2D eigenvalue weighted by Gasteiger charge is 2.50. The van der Waals surface area contributed by atoms with Gasteiger partial charge in [0.05, 0.1) is 18.2 Å². The van der Waals surface area contributed by atoms with Crippen molar-refractivity contribution in [3.8, 4) is 17.6 Å². The van der Waals surface area contributed by atoms with E-state index in [2.05, 4.69) is 6.07 Å². The average molecular weight is 404 g/mol. The zero-order valence-electron chi connectivity index (χ0n) is 16.2. The Morgan fingerprint density at radius 1 is 1.23 bits per heavy atom. The molecule has 2 aromatic carbocycles. The summed E-state index contributed by atoms with van der Waals surface area (Å²) >= 11 is 0. The number of carbonyl (C=O) groups excluding carboxylic acids is 2. The highest BCUT2D eigenvalue weighted by atomic mass is 16.7. The first-order valence-electron chi connectivity index (χ1n) is 9.64. The Hall–Kier alpha value is -3.63. The van der Waals surface area contributed by atoms with Crippen LogP contribution in [0.4, 0.5) is 5.69 Å². The van der Waals surface area contributed by atoms with E-state index in [0.29, 0.717) is 42.1 Å². The van der Waals surface area contributed by atoms with Crippen LogP contribution in [-0.4, -0.2) is 30.1 Å². The lowest BCUT2D eigenvalue weighted by molar-refractivity contribution is -0.140. The molecular weight excluding hydrogens is 384 g/mol. The molecule has 7 heteroatoms. The molecule has 1 atom stereocenters. The van der Waals surface area contributed by atoms with Gasteiger partial charge in [0.1, 0.15) is 0 Å². The molecule has 2 heterocycles. The molecule has 0 fully saturated rings. The van der Waals surface area contributed by atoms with Crippen molar-refractivity contribution in [1.29, 1.82) is 5.26 Å². The van der Waals surface area contributed by atoms with Gasteiger partial charge >= 0.3 is 0 Å². The highest BCUT2D eigenvalue weighted by molar-refractivity contribution is 6.10. The quantitative estimate of drug-likeness (QED) is 0.563. The predicted molar refractivity (Wildman–Crippen MR) is 109 cm³/mol. The van der Waals surface area contributed by atoms with E-state index in [1.807, 2.05) is 0 Å². The van der Waals surface area contributed by atoms with Crippen molar-refractivity contribution in [2.45, 2.75) is 24.9 Å². The molecule has 0 saturated carbocycles. The number of rotatable bonds is 7. The van der Waals surface area contributed by atoms with Crippen molar-refractivity contribution in [3.63, 3.8) is 0 Å². The van der Waals surface area contributed by atoms with Crippen LogP contribution in [0.1, 0.15) is 30.4 Å². The SMILES string of the molecule is N#CCCCN1C(=O)[C@@](O)(CC(=O)/C=C/c2ccc3c(c2)OCO3)c2ccccc21. The molecule has 4 rings (SSSR count). The van der Waals surface area contributed by atoms with Crippen LogP contribution in [0, 0.1) is 11.3 Å². The van der Waals surface area contributed by atoms with Crippen LogP contribution in [0.3, 0.4) is 0 Å². The minimum atomic E-state index is -1.92. The number of benzene rings is 2. The Labute approximate surface area is 173 Å². The number of anilines is 1. The lowest BCUT2D eigenvalue weighted by atomic mass is 9.89. The molecule has 0 bridgehead atoms. The van der Waals surface area contributed by atoms with Crippen LogP contribution < -0.4 is 14.4 Å². The summed E-state index contributed by atoms with van der Waals surface area (Å²) in [5.41, 5.74) is -0.178. The van der Waals surface area contributed by atoms with E-state index < -0.39 is 11.5 Å². The van der Waals surface area contributed by atoms with Gasteiger partial charge in [0.15, 0.2) is 22.9 Å². The number of nitriles is 1. The number of para-hydroxylation sites is 1. The number of carbonyl (C=O) groups is 2. The zero-order chi connectivity index (χ0) is 21.1. The lowest BCUT2D eigenvalue weighted by Gasteiger charge is -2.22.